The lowest BCUT2D eigenvalue weighted by atomic mass is 10.00. The highest BCUT2D eigenvalue weighted by Gasteiger charge is 2.30. The van der Waals surface area contributed by atoms with Crippen molar-refractivity contribution in [2.45, 2.75) is 17.7 Å². The van der Waals surface area contributed by atoms with Crippen molar-refractivity contribution < 1.29 is 12.8 Å². The van der Waals surface area contributed by atoms with Crippen LogP contribution >= 0.6 is 24.0 Å². The molecule has 1 aliphatic heterocycles. The third-order valence-corrected chi connectivity index (χ3v) is 5.65. The number of hydrogen-bond donors (Lipinski definition) is 1. The summed E-state index contributed by atoms with van der Waals surface area (Å²) < 4.78 is 39.7. The Bertz CT molecular complexity index is 582. The van der Waals surface area contributed by atoms with E-state index in [0.29, 0.717) is 19.0 Å². The molecule has 0 aliphatic carbocycles. The van der Waals surface area contributed by atoms with Gasteiger partial charge in [-0.2, -0.15) is 4.31 Å². The van der Waals surface area contributed by atoms with Crippen LogP contribution in [0.2, 0.25) is 5.02 Å². The van der Waals surface area contributed by atoms with Gasteiger partial charge < -0.3 is 5.32 Å². The maximum atomic E-state index is 13.1. The Morgan fingerprint density at radius 1 is 1.48 bits per heavy atom. The number of nitrogens with one attached hydrogen (secondary N) is 1. The molecule has 1 aliphatic rings. The van der Waals surface area contributed by atoms with Crippen LogP contribution in [0.25, 0.3) is 0 Å². The summed E-state index contributed by atoms with van der Waals surface area (Å²) in [5.74, 6) is -0.309. The van der Waals surface area contributed by atoms with Crippen LogP contribution in [0.3, 0.4) is 0 Å². The number of benzene rings is 1. The van der Waals surface area contributed by atoms with E-state index in [4.69, 9.17) is 11.6 Å². The van der Waals surface area contributed by atoms with Crippen LogP contribution in [0.15, 0.2) is 23.1 Å². The normalized spacial score (nSPS) is 20.0. The second kappa shape index (κ2) is 7.74. The van der Waals surface area contributed by atoms with E-state index in [1.165, 1.54) is 16.4 Å². The average Bonchev–Trinajstić information content (AvgIpc) is 2.42. The van der Waals surface area contributed by atoms with Crippen LogP contribution in [-0.2, 0) is 10.0 Å². The summed E-state index contributed by atoms with van der Waals surface area (Å²) in [5, 5.41) is 2.90. The fraction of sp³-hybridized carbons (Fsp3) is 0.538. The van der Waals surface area contributed by atoms with Crippen molar-refractivity contribution in [3.63, 3.8) is 0 Å². The Balaban J connectivity index is 0.00000220. The highest BCUT2D eigenvalue weighted by Crippen LogP contribution is 2.26. The van der Waals surface area contributed by atoms with Gasteiger partial charge >= 0.3 is 0 Å². The molecule has 1 aromatic rings. The minimum absolute atomic E-state index is 0. The van der Waals surface area contributed by atoms with Crippen LogP contribution in [0, 0.1) is 11.7 Å². The minimum atomic E-state index is -3.60. The van der Waals surface area contributed by atoms with Gasteiger partial charge in [0.2, 0.25) is 10.0 Å². The van der Waals surface area contributed by atoms with E-state index in [1.54, 1.807) is 0 Å². The molecular formula is C13H19Cl2FN2O2S. The second-order valence-corrected chi connectivity index (χ2v) is 7.35. The van der Waals surface area contributed by atoms with E-state index >= 15 is 0 Å². The van der Waals surface area contributed by atoms with E-state index in [0.717, 1.165) is 25.5 Å². The first-order valence-electron chi connectivity index (χ1n) is 6.55. The standard InChI is InChI=1S/C13H18ClFN2O2S.ClH/c1-16-8-10-3-2-6-17(9-10)20(18,19)11-4-5-13(15)12(14)7-11;/h4-5,7,10,16H,2-3,6,8-9H2,1H3;1H. The van der Waals surface area contributed by atoms with E-state index in [1.807, 2.05) is 7.05 Å². The summed E-state index contributed by atoms with van der Waals surface area (Å²) in [6.45, 7) is 1.77. The molecule has 2 rings (SSSR count). The fourth-order valence-electron chi connectivity index (χ4n) is 2.49. The molecule has 0 spiro atoms. The lowest BCUT2D eigenvalue weighted by molar-refractivity contribution is 0.263. The third-order valence-electron chi connectivity index (χ3n) is 3.50. The van der Waals surface area contributed by atoms with Gasteiger partial charge in [-0.05, 0) is 50.6 Å². The first-order valence-corrected chi connectivity index (χ1v) is 8.36. The number of rotatable bonds is 4. The summed E-state index contributed by atoms with van der Waals surface area (Å²) in [5.41, 5.74) is 0. The predicted molar refractivity (Wildman–Crippen MR) is 84.1 cm³/mol. The molecule has 1 saturated heterocycles. The molecule has 0 aromatic heterocycles. The van der Waals surface area contributed by atoms with Crippen LogP contribution in [0.4, 0.5) is 4.39 Å². The predicted octanol–water partition coefficient (Wildman–Crippen LogP) is 2.52. The smallest absolute Gasteiger partial charge is 0.243 e. The molecule has 8 heteroatoms. The minimum Gasteiger partial charge on any atom is -0.319 e. The molecule has 0 radical (unpaired) electrons. The molecule has 0 bridgehead atoms. The molecule has 120 valence electrons. The summed E-state index contributed by atoms with van der Waals surface area (Å²) in [7, 11) is -1.74. The number of piperidine rings is 1. The van der Waals surface area contributed by atoms with Crippen LogP contribution in [0.1, 0.15) is 12.8 Å². The maximum Gasteiger partial charge on any atom is 0.243 e. The van der Waals surface area contributed by atoms with Gasteiger partial charge in [0.25, 0.3) is 0 Å². The molecule has 0 saturated carbocycles. The number of hydrogen-bond acceptors (Lipinski definition) is 3. The van der Waals surface area contributed by atoms with Crippen LogP contribution in [0.5, 0.6) is 0 Å². The van der Waals surface area contributed by atoms with Gasteiger partial charge in [0.1, 0.15) is 5.82 Å². The van der Waals surface area contributed by atoms with Crippen molar-refractivity contribution in [1.29, 1.82) is 0 Å². The zero-order chi connectivity index (χ0) is 14.8. The number of sulfonamides is 1. The molecule has 1 unspecified atom stereocenters. The molecule has 1 N–H and O–H groups in total. The first-order chi connectivity index (χ1) is 9.45. The molecule has 1 fully saturated rings. The zero-order valence-corrected chi connectivity index (χ0v) is 14.1. The van der Waals surface area contributed by atoms with E-state index in [-0.39, 0.29) is 22.3 Å². The lowest BCUT2D eigenvalue weighted by Crippen LogP contribution is -2.42. The Morgan fingerprint density at radius 3 is 2.81 bits per heavy atom. The fourth-order valence-corrected chi connectivity index (χ4v) is 4.31. The van der Waals surface area contributed by atoms with Crippen LogP contribution < -0.4 is 5.32 Å². The van der Waals surface area contributed by atoms with Crippen molar-refractivity contribution in [2.75, 3.05) is 26.7 Å². The Labute approximate surface area is 136 Å². The van der Waals surface area contributed by atoms with Crippen molar-refractivity contribution in [3.8, 4) is 0 Å². The molecule has 4 nitrogen and oxygen atoms in total. The van der Waals surface area contributed by atoms with Gasteiger partial charge in [-0.1, -0.05) is 11.6 Å². The first kappa shape index (κ1) is 18.6. The molecule has 1 heterocycles. The quantitative estimate of drug-likeness (QED) is 0.901. The van der Waals surface area contributed by atoms with Crippen LogP contribution in [-0.4, -0.2) is 39.4 Å². The highest BCUT2D eigenvalue weighted by atomic mass is 35.5. The molecule has 21 heavy (non-hydrogen) atoms. The van der Waals surface area contributed by atoms with E-state index in [2.05, 4.69) is 5.32 Å². The Kier molecular flexibility index (Phi) is 6.87. The van der Waals surface area contributed by atoms with Gasteiger partial charge in [0.05, 0.1) is 9.92 Å². The molecule has 1 atom stereocenters. The summed E-state index contributed by atoms with van der Waals surface area (Å²) in [6.07, 6.45) is 1.84. The van der Waals surface area contributed by atoms with Gasteiger partial charge in [-0.25, -0.2) is 12.8 Å². The SMILES string of the molecule is CNCC1CCCN(S(=O)(=O)c2ccc(F)c(Cl)c2)C1.Cl. The van der Waals surface area contributed by atoms with Gasteiger partial charge in [0, 0.05) is 13.1 Å². The van der Waals surface area contributed by atoms with Gasteiger partial charge in [0.15, 0.2) is 0 Å². The summed E-state index contributed by atoms with van der Waals surface area (Å²) >= 11 is 5.67. The van der Waals surface area contributed by atoms with Crippen molar-refractivity contribution in [3.05, 3.63) is 29.0 Å². The van der Waals surface area contributed by atoms with E-state index in [9.17, 15) is 12.8 Å². The second-order valence-electron chi connectivity index (χ2n) is 5.00. The van der Waals surface area contributed by atoms with Crippen molar-refractivity contribution in [1.82, 2.24) is 9.62 Å². The maximum absolute atomic E-state index is 13.1. The van der Waals surface area contributed by atoms with Crippen molar-refractivity contribution in [2.24, 2.45) is 5.92 Å². The van der Waals surface area contributed by atoms with E-state index < -0.39 is 15.8 Å². The average molecular weight is 357 g/mol. The number of halogens is 3. The summed E-state index contributed by atoms with van der Waals surface area (Å²) in [4.78, 5) is 0.0500. The Morgan fingerprint density at radius 2 is 2.19 bits per heavy atom. The lowest BCUT2D eigenvalue weighted by Gasteiger charge is -2.31. The van der Waals surface area contributed by atoms with Gasteiger partial charge in [-0.15, -0.1) is 12.4 Å². The van der Waals surface area contributed by atoms with Crippen molar-refractivity contribution >= 4 is 34.0 Å². The number of nitrogens with zero attached hydrogens (tertiary/aromatic N) is 1. The summed E-state index contributed by atoms with van der Waals surface area (Å²) in [6, 6.07) is 3.52. The molecule has 0 amide bonds. The Hall–Kier alpha value is -0.400. The topological polar surface area (TPSA) is 49.4 Å². The van der Waals surface area contributed by atoms with Gasteiger partial charge in [-0.3, -0.25) is 0 Å². The zero-order valence-electron chi connectivity index (χ0n) is 11.7. The molecular weight excluding hydrogens is 338 g/mol. The largest absolute Gasteiger partial charge is 0.319 e. The molecule has 1 aromatic carbocycles. The highest BCUT2D eigenvalue weighted by molar-refractivity contribution is 7.89. The monoisotopic (exact) mass is 356 g/mol. The third kappa shape index (κ3) is 4.29.